The Kier molecular flexibility index (Phi) is 8.30. The fraction of sp³-hybridized carbons (Fsp3) is 0.500. The molecule has 4 heteroatoms. The zero-order valence-corrected chi connectivity index (χ0v) is 10.6. The number of carboxylic acids is 1. The Bertz CT molecular complexity index is 268. The van der Waals surface area contributed by atoms with E-state index in [2.05, 4.69) is 20.1 Å². The highest BCUT2D eigenvalue weighted by Gasteiger charge is 2.14. The third-order valence-corrected chi connectivity index (χ3v) is 2.02. The molecule has 0 aromatic rings. The predicted molar refractivity (Wildman–Crippen MR) is 62.5 cm³/mol. The van der Waals surface area contributed by atoms with Crippen LogP contribution in [-0.2, 0) is 9.59 Å². The van der Waals surface area contributed by atoms with Crippen molar-refractivity contribution in [2.75, 3.05) is 27.2 Å². The van der Waals surface area contributed by atoms with Crippen molar-refractivity contribution in [1.82, 2.24) is 0 Å². The van der Waals surface area contributed by atoms with Crippen molar-refractivity contribution in [2.45, 2.75) is 13.8 Å². The summed E-state index contributed by atoms with van der Waals surface area (Å²) in [5, 5.41) is 9.49. The van der Waals surface area contributed by atoms with Crippen LogP contribution in [-0.4, -0.2) is 43.4 Å². The van der Waals surface area contributed by atoms with E-state index in [4.69, 9.17) is 0 Å². The summed E-state index contributed by atoms with van der Waals surface area (Å²) in [7, 11) is 4.06. The highest BCUT2D eigenvalue weighted by molar-refractivity contribution is 5.90. The van der Waals surface area contributed by atoms with Gasteiger partial charge in [-0.05, 0) is 25.5 Å². The molecule has 4 nitrogen and oxygen atoms in total. The second-order valence-corrected chi connectivity index (χ2v) is 4.15. The molecule has 16 heavy (non-hydrogen) atoms. The van der Waals surface area contributed by atoms with Crippen molar-refractivity contribution in [3.63, 3.8) is 0 Å². The second kappa shape index (κ2) is 7.82. The minimum absolute atomic E-state index is 0.0648. The molecular weight excluding hydrogens is 206 g/mol. The van der Waals surface area contributed by atoms with E-state index in [-0.39, 0.29) is 11.4 Å². The first-order chi connectivity index (χ1) is 7.16. The van der Waals surface area contributed by atoms with Gasteiger partial charge in [0.2, 0.25) is 5.78 Å². The van der Waals surface area contributed by atoms with E-state index in [1.807, 2.05) is 14.1 Å². The van der Waals surface area contributed by atoms with Crippen LogP contribution in [0.4, 0.5) is 0 Å². The number of quaternary nitrogens is 1. The molecule has 0 aliphatic carbocycles. The number of nitrogens with zero attached hydrogens (tertiary/aromatic N) is 1. The van der Waals surface area contributed by atoms with Crippen LogP contribution in [0.15, 0.2) is 24.8 Å². The van der Waals surface area contributed by atoms with Gasteiger partial charge >= 0.3 is 0 Å². The molecule has 92 valence electrons. The Labute approximate surface area is 97.5 Å². The number of hydrogen-bond acceptors (Lipinski definition) is 3. The number of likely N-dealkylation sites (N-methyl/N-ethyl adjacent to an activating group) is 1. The first-order valence-corrected chi connectivity index (χ1v) is 5.00. The first-order valence-electron chi connectivity index (χ1n) is 5.00. The zero-order chi connectivity index (χ0) is 13.4. The number of rotatable bonds is 5. The monoisotopic (exact) mass is 227 g/mol. The van der Waals surface area contributed by atoms with Gasteiger partial charge in [-0.3, -0.25) is 4.79 Å². The van der Waals surface area contributed by atoms with Gasteiger partial charge in [0, 0.05) is 0 Å². The molecule has 0 saturated heterocycles. The Morgan fingerprint density at radius 1 is 1.38 bits per heavy atom. The molecule has 0 aromatic heterocycles. The fourth-order valence-electron chi connectivity index (χ4n) is 0.598. The maximum Gasteiger partial charge on any atom is 0.209 e. The van der Waals surface area contributed by atoms with Crippen molar-refractivity contribution >= 4 is 11.8 Å². The highest BCUT2D eigenvalue weighted by Crippen LogP contribution is 1.95. The number of aliphatic carboxylic acids is 1. The van der Waals surface area contributed by atoms with Crippen molar-refractivity contribution < 1.29 is 19.2 Å². The summed E-state index contributed by atoms with van der Waals surface area (Å²) in [5.41, 5.74) is 0.0648. The third kappa shape index (κ3) is 10.7. The van der Waals surface area contributed by atoms with Crippen molar-refractivity contribution in [1.29, 1.82) is 0 Å². The summed E-state index contributed by atoms with van der Waals surface area (Å²) >= 11 is 0. The molecule has 0 aliphatic heterocycles. The van der Waals surface area contributed by atoms with E-state index in [1.165, 1.54) is 13.0 Å². The molecule has 0 unspecified atom stereocenters. The summed E-state index contributed by atoms with van der Waals surface area (Å²) in [6.07, 6.45) is 1.38. The lowest BCUT2D eigenvalue weighted by molar-refractivity contribution is -0.880. The normalized spacial score (nSPS) is 9.75. The van der Waals surface area contributed by atoms with Crippen LogP contribution in [0.1, 0.15) is 13.8 Å². The van der Waals surface area contributed by atoms with Crippen LogP contribution < -0.4 is 5.11 Å². The second-order valence-electron chi connectivity index (χ2n) is 4.15. The molecule has 0 rings (SSSR count). The molecule has 0 bridgehead atoms. The van der Waals surface area contributed by atoms with Crippen molar-refractivity contribution in [3.05, 3.63) is 24.8 Å². The molecule has 0 atom stereocenters. The SMILES string of the molecule is C=C(C)C(=O)[O-].C=CC(=O)C[N+](C)(C)CC. The van der Waals surface area contributed by atoms with Crippen molar-refractivity contribution in [3.8, 4) is 0 Å². The smallest absolute Gasteiger partial charge is 0.209 e. The van der Waals surface area contributed by atoms with Gasteiger partial charge in [-0.1, -0.05) is 13.2 Å². The quantitative estimate of drug-likeness (QED) is 0.496. The minimum atomic E-state index is -1.19. The number of ketones is 1. The molecule has 0 N–H and O–H groups in total. The summed E-state index contributed by atoms with van der Waals surface area (Å²) in [6, 6.07) is 0. The molecule has 0 radical (unpaired) electrons. The van der Waals surface area contributed by atoms with Crippen LogP contribution in [0.3, 0.4) is 0 Å². The standard InChI is InChI=1S/C8H16NO.C4H6O2/c1-5-8(10)7-9(3,4)6-2;1-3(2)4(5)6/h5H,1,6-7H2,2-4H3;1H2,2H3,(H,5,6)/q+1;/p-1. The first kappa shape index (κ1) is 17.0. The van der Waals surface area contributed by atoms with Gasteiger partial charge in [-0.25, -0.2) is 0 Å². The molecule has 0 fully saturated rings. The predicted octanol–water partition coefficient (Wildman–Crippen LogP) is 0.150. The Balaban J connectivity index is 0. The van der Waals surface area contributed by atoms with E-state index in [9.17, 15) is 14.7 Å². The zero-order valence-electron chi connectivity index (χ0n) is 10.6. The fourth-order valence-corrected chi connectivity index (χ4v) is 0.598. The Morgan fingerprint density at radius 2 is 1.75 bits per heavy atom. The van der Waals surface area contributed by atoms with Gasteiger partial charge in [0.1, 0.15) is 6.54 Å². The third-order valence-electron chi connectivity index (χ3n) is 2.02. The number of carboxylic acid groups (broad SMARTS) is 1. The average Bonchev–Trinajstić information content (AvgIpc) is 2.18. The van der Waals surface area contributed by atoms with Gasteiger partial charge in [0.05, 0.1) is 26.6 Å². The molecule has 0 aromatic carbocycles. The molecule has 0 spiro atoms. The number of carbonyl (C=O) groups excluding carboxylic acids is 2. The van der Waals surface area contributed by atoms with E-state index < -0.39 is 5.97 Å². The maximum absolute atomic E-state index is 10.9. The van der Waals surface area contributed by atoms with Crippen LogP contribution >= 0.6 is 0 Å². The minimum Gasteiger partial charge on any atom is -0.545 e. The largest absolute Gasteiger partial charge is 0.545 e. The molecule has 0 saturated carbocycles. The van der Waals surface area contributed by atoms with Gasteiger partial charge < -0.3 is 14.4 Å². The van der Waals surface area contributed by atoms with E-state index >= 15 is 0 Å². The van der Waals surface area contributed by atoms with E-state index in [0.29, 0.717) is 6.54 Å². The summed E-state index contributed by atoms with van der Waals surface area (Å²) in [4.78, 5) is 20.3. The molecule has 0 aliphatic rings. The topological polar surface area (TPSA) is 57.2 Å². The average molecular weight is 227 g/mol. The Hall–Kier alpha value is -1.42. The van der Waals surface area contributed by atoms with Crippen LogP contribution in [0.25, 0.3) is 0 Å². The highest BCUT2D eigenvalue weighted by atomic mass is 16.4. The van der Waals surface area contributed by atoms with Gasteiger partial charge in [0.25, 0.3) is 0 Å². The van der Waals surface area contributed by atoms with Crippen LogP contribution in [0.5, 0.6) is 0 Å². The number of hydrogen-bond donors (Lipinski definition) is 0. The lowest BCUT2D eigenvalue weighted by Gasteiger charge is -2.26. The van der Waals surface area contributed by atoms with E-state index in [1.54, 1.807) is 0 Å². The van der Waals surface area contributed by atoms with Gasteiger partial charge in [0.15, 0.2) is 0 Å². The number of carbonyl (C=O) groups is 2. The van der Waals surface area contributed by atoms with Crippen molar-refractivity contribution in [2.24, 2.45) is 0 Å². The lowest BCUT2D eigenvalue weighted by Crippen LogP contribution is -2.42. The summed E-state index contributed by atoms with van der Waals surface area (Å²) < 4.78 is 0.741. The molecule has 0 heterocycles. The van der Waals surface area contributed by atoms with Crippen LogP contribution in [0, 0.1) is 0 Å². The van der Waals surface area contributed by atoms with E-state index in [0.717, 1.165) is 11.0 Å². The maximum atomic E-state index is 10.9. The van der Waals surface area contributed by atoms with Gasteiger partial charge in [-0.15, -0.1) is 0 Å². The summed E-state index contributed by atoms with van der Waals surface area (Å²) in [5.74, 6) is -1.07. The molecular formula is C12H21NO3. The summed E-state index contributed by atoms with van der Waals surface area (Å²) in [6.45, 7) is 11.5. The lowest BCUT2D eigenvalue weighted by atomic mass is 10.3. The molecule has 0 amide bonds. The Morgan fingerprint density at radius 3 is 1.94 bits per heavy atom. The van der Waals surface area contributed by atoms with Gasteiger partial charge in [-0.2, -0.15) is 0 Å². The van der Waals surface area contributed by atoms with Crippen LogP contribution in [0.2, 0.25) is 0 Å².